The van der Waals surface area contributed by atoms with Crippen LogP contribution in [0.3, 0.4) is 0 Å². The minimum Gasteiger partial charge on any atom is -0.286 e. The molecule has 0 radical (unpaired) electrons. The summed E-state index contributed by atoms with van der Waals surface area (Å²) in [6, 6.07) is 0. The van der Waals surface area contributed by atoms with Crippen molar-refractivity contribution in [3.8, 4) is 0 Å². The number of hydrogen-bond acceptors (Lipinski definition) is 3. The first-order valence-corrected chi connectivity index (χ1v) is 1.99. The summed E-state index contributed by atoms with van der Waals surface area (Å²) in [7, 11) is 0. The minimum atomic E-state index is -0.329. The Kier molecular flexibility index (Phi) is 3.21. The molecule has 6 heavy (non-hydrogen) atoms. The van der Waals surface area contributed by atoms with Gasteiger partial charge in [0, 0.05) is 0 Å². The molecule has 1 atom stereocenters. The zero-order valence-electron chi connectivity index (χ0n) is 3.29. The van der Waals surface area contributed by atoms with Gasteiger partial charge >= 0.3 is 0 Å². The fourth-order valence-electron chi connectivity index (χ4n) is 0.0556. The molecule has 36 valence electrons. The number of nitrogens with two attached hydrogens (primary N) is 1. The third-order valence-corrected chi connectivity index (χ3v) is 0.674. The molecule has 0 rings (SSSR count). The molecule has 1 unspecified atom stereocenters. The van der Waals surface area contributed by atoms with E-state index in [2.05, 4.69) is 29.9 Å². The highest BCUT2D eigenvalue weighted by Crippen LogP contribution is 1.90. The average Bonchev–Trinajstić information content (AvgIpc) is 1.65. The van der Waals surface area contributed by atoms with Crippen molar-refractivity contribution >= 4 is 12.6 Å². The predicted molar refractivity (Wildman–Crippen MR) is 28.2 cm³/mol. The Morgan fingerprint density at radius 3 is 2.50 bits per heavy atom. The third-order valence-electron chi connectivity index (χ3n) is 0.341. The van der Waals surface area contributed by atoms with Gasteiger partial charge in [-0.05, 0) is 0 Å². The lowest BCUT2D eigenvalue weighted by molar-refractivity contribution is 0.146. The van der Waals surface area contributed by atoms with E-state index >= 15 is 0 Å². The lowest BCUT2D eigenvalue weighted by Gasteiger charge is -1.95. The van der Waals surface area contributed by atoms with Crippen molar-refractivity contribution in [2.45, 2.75) is 5.44 Å². The van der Waals surface area contributed by atoms with Crippen molar-refractivity contribution in [3.05, 3.63) is 12.7 Å². The second-order valence-corrected chi connectivity index (χ2v) is 1.27. The van der Waals surface area contributed by atoms with E-state index in [1.807, 2.05) is 0 Å². The van der Waals surface area contributed by atoms with E-state index in [4.69, 9.17) is 0 Å². The molecule has 0 aliphatic heterocycles. The van der Waals surface area contributed by atoms with Crippen molar-refractivity contribution in [1.82, 2.24) is 0 Å². The molecular formula is C3H7NOS. The van der Waals surface area contributed by atoms with Gasteiger partial charge in [-0.15, -0.1) is 12.6 Å². The molecule has 0 aromatic carbocycles. The second-order valence-electron chi connectivity index (χ2n) is 0.762. The van der Waals surface area contributed by atoms with Gasteiger partial charge in [0.1, 0.15) is 5.44 Å². The first-order valence-electron chi connectivity index (χ1n) is 1.47. The van der Waals surface area contributed by atoms with Crippen LogP contribution in [0.15, 0.2) is 12.7 Å². The van der Waals surface area contributed by atoms with Crippen molar-refractivity contribution in [1.29, 1.82) is 0 Å². The third kappa shape index (κ3) is 2.26. The van der Waals surface area contributed by atoms with Crippen LogP contribution in [0.2, 0.25) is 0 Å². The topological polar surface area (TPSA) is 35.2 Å². The number of thiol groups is 1. The van der Waals surface area contributed by atoms with Gasteiger partial charge in [0.25, 0.3) is 0 Å². The van der Waals surface area contributed by atoms with Gasteiger partial charge in [-0.2, -0.15) is 0 Å². The van der Waals surface area contributed by atoms with Gasteiger partial charge in [0.15, 0.2) is 0 Å². The van der Waals surface area contributed by atoms with Crippen LogP contribution in [0.5, 0.6) is 0 Å². The van der Waals surface area contributed by atoms with Crippen LogP contribution >= 0.6 is 12.6 Å². The fourth-order valence-corrected chi connectivity index (χ4v) is 0.0556. The first-order chi connectivity index (χ1) is 2.81. The van der Waals surface area contributed by atoms with Crippen molar-refractivity contribution in [3.63, 3.8) is 0 Å². The van der Waals surface area contributed by atoms with Gasteiger partial charge in [-0.3, -0.25) is 4.84 Å². The van der Waals surface area contributed by atoms with Gasteiger partial charge in [0.05, 0.1) is 0 Å². The summed E-state index contributed by atoms with van der Waals surface area (Å²) in [6.07, 6.45) is 1.49. The van der Waals surface area contributed by atoms with E-state index in [0.29, 0.717) is 0 Å². The van der Waals surface area contributed by atoms with Gasteiger partial charge in [-0.25, -0.2) is 5.90 Å². The Labute approximate surface area is 42.3 Å². The van der Waals surface area contributed by atoms with E-state index in [1.54, 1.807) is 0 Å². The number of rotatable bonds is 2. The zero-order valence-corrected chi connectivity index (χ0v) is 4.19. The summed E-state index contributed by atoms with van der Waals surface area (Å²) in [5, 5.41) is 0. The lowest BCUT2D eigenvalue weighted by atomic mass is 10.7. The smallest absolute Gasteiger partial charge is 0.139 e. The molecule has 0 heterocycles. The fraction of sp³-hybridized carbons (Fsp3) is 0.333. The van der Waals surface area contributed by atoms with Crippen LogP contribution in [0.1, 0.15) is 0 Å². The minimum absolute atomic E-state index is 0.329. The molecule has 2 N–H and O–H groups in total. The molecule has 0 aliphatic rings. The quantitative estimate of drug-likeness (QED) is 0.229. The summed E-state index contributed by atoms with van der Waals surface area (Å²) >= 11 is 3.76. The Morgan fingerprint density at radius 2 is 2.50 bits per heavy atom. The molecule has 0 saturated heterocycles. The zero-order chi connectivity index (χ0) is 4.99. The van der Waals surface area contributed by atoms with Crippen molar-refractivity contribution in [2.75, 3.05) is 0 Å². The molecule has 0 spiro atoms. The molecule has 0 amide bonds. The van der Waals surface area contributed by atoms with Crippen molar-refractivity contribution < 1.29 is 4.84 Å². The average molecular weight is 105 g/mol. The first kappa shape index (κ1) is 6.01. The van der Waals surface area contributed by atoms with Gasteiger partial charge in [-0.1, -0.05) is 12.7 Å². The molecular weight excluding hydrogens is 98.1 g/mol. The SMILES string of the molecule is C=CC(S)ON. The second kappa shape index (κ2) is 3.21. The maximum absolute atomic E-state index is 4.63. The van der Waals surface area contributed by atoms with Crippen LogP contribution in [-0.2, 0) is 4.84 Å². The van der Waals surface area contributed by atoms with Crippen LogP contribution in [-0.4, -0.2) is 5.44 Å². The van der Waals surface area contributed by atoms with E-state index < -0.39 is 0 Å². The van der Waals surface area contributed by atoms with Crippen LogP contribution in [0.4, 0.5) is 0 Å². The van der Waals surface area contributed by atoms with E-state index in [9.17, 15) is 0 Å². The molecule has 0 aromatic rings. The maximum Gasteiger partial charge on any atom is 0.139 e. The standard InChI is InChI=1S/C3H7NOS/c1-2-3(6)5-4/h2-3,6H,1,4H2. The Bertz CT molecular complexity index is 48.1. The summed E-state index contributed by atoms with van der Waals surface area (Å²) in [6.45, 7) is 3.35. The van der Waals surface area contributed by atoms with Gasteiger partial charge in [0.2, 0.25) is 0 Å². The highest BCUT2D eigenvalue weighted by Gasteiger charge is 1.85. The van der Waals surface area contributed by atoms with Crippen molar-refractivity contribution in [2.24, 2.45) is 5.90 Å². The normalized spacial score (nSPS) is 13.7. The van der Waals surface area contributed by atoms with Crippen LogP contribution in [0, 0.1) is 0 Å². The Balaban J connectivity index is 2.96. The van der Waals surface area contributed by atoms with E-state index in [0.717, 1.165) is 0 Å². The summed E-state index contributed by atoms with van der Waals surface area (Å²) < 4.78 is 0. The predicted octanol–water partition coefficient (Wildman–Crippen LogP) is 0.319. The Morgan fingerprint density at radius 1 is 2.00 bits per heavy atom. The summed E-state index contributed by atoms with van der Waals surface area (Å²) in [4.78, 5) is 4.15. The number of hydrogen-bond donors (Lipinski definition) is 2. The van der Waals surface area contributed by atoms with E-state index in [-0.39, 0.29) is 5.44 Å². The molecule has 0 saturated carbocycles. The molecule has 0 fully saturated rings. The largest absolute Gasteiger partial charge is 0.286 e. The van der Waals surface area contributed by atoms with Crippen LogP contribution < -0.4 is 5.90 Å². The van der Waals surface area contributed by atoms with E-state index in [1.165, 1.54) is 6.08 Å². The molecule has 0 aromatic heterocycles. The summed E-state index contributed by atoms with van der Waals surface area (Å²) in [5.41, 5.74) is -0.329. The van der Waals surface area contributed by atoms with Gasteiger partial charge < -0.3 is 0 Å². The highest BCUT2D eigenvalue weighted by atomic mass is 32.1. The Hall–Kier alpha value is 0.01000. The molecule has 0 bridgehead atoms. The highest BCUT2D eigenvalue weighted by molar-refractivity contribution is 7.80. The molecule has 0 aliphatic carbocycles. The lowest BCUT2D eigenvalue weighted by Crippen LogP contribution is -2.06. The maximum atomic E-state index is 4.63. The molecule has 2 nitrogen and oxygen atoms in total. The summed E-state index contributed by atoms with van der Waals surface area (Å²) in [5.74, 6) is 4.63. The van der Waals surface area contributed by atoms with Crippen LogP contribution in [0.25, 0.3) is 0 Å². The molecule has 3 heteroatoms. The monoisotopic (exact) mass is 105 g/mol.